The molecule has 1 nitrogen and oxygen atoms in total. The lowest BCUT2D eigenvalue weighted by molar-refractivity contribution is 0.309. The van der Waals surface area contributed by atoms with Gasteiger partial charge in [0.2, 0.25) is 0 Å². The van der Waals surface area contributed by atoms with Gasteiger partial charge in [-0.2, -0.15) is 0 Å². The van der Waals surface area contributed by atoms with Crippen LogP contribution in [0.1, 0.15) is 32.1 Å². The maximum Gasteiger partial charge on any atom is 0.0931 e. The molecule has 0 bridgehead atoms. The third kappa shape index (κ3) is 0.618. The predicted octanol–water partition coefficient (Wildman–Crippen LogP) is 3.20. The minimum atomic E-state index is 0.273. The summed E-state index contributed by atoms with van der Waals surface area (Å²) < 4.78 is 5.93. The maximum atomic E-state index is 5.66. The summed E-state index contributed by atoms with van der Waals surface area (Å²) in [5.41, 5.74) is 1.11. The van der Waals surface area contributed by atoms with Gasteiger partial charge in [-0.3, -0.25) is 0 Å². The van der Waals surface area contributed by atoms with Crippen molar-refractivity contribution in [3.63, 3.8) is 0 Å². The molecule has 4 rings (SSSR count). The molecule has 0 aromatic carbocycles. The average Bonchev–Trinajstić information content (AvgIpc) is 2.78. The van der Waals surface area contributed by atoms with Crippen LogP contribution >= 0.6 is 31.9 Å². The van der Waals surface area contributed by atoms with Gasteiger partial charge in [-0.25, -0.2) is 0 Å². The lowest BCUT2D eigenvalue weighted by atomic mass is 9.82. The predicted molar refractivity (Wildman–Crippen MR) is 57.2 cm³/mol. The smallest absolute Gasteiger partial charge is 0.0931 e. The van der Waals surface area contributed by atoms with Crippen LogP contribution in [0.2, 0.25) is 0 Å². The molecule has 4 atom stereocenters. The van der Waals surface area contributed by atoms with Crippen LogP contribution in [0.25, 0.3) is 0 Å². The first-order chi connectivity index (χ1) is 6.13. The van der Waals surface area contributed by atoms with Crippen LogP contribution in [-0.2, 0) is 4.74 Å². The topological polar surface area (TPSA) is 12.5 Å². The number of halogens is 2. The summed E-state index contributed by atoms with van der Waals surface area (Å²) in [6.45, 7) is 0. The van der Waals surface area contributed by atoms with E-state index in [4.69, 9.17) is 4.74 Å². The van der Waals surface area contributed by atoms with E-state index >= 15 is 0 Å². The molecule has 13 heavy (non-hydrogen) atoms. The van der Waals surface area contributed by atoms with Crippen molar-refractivity contribution in [2.45, 2.75) is 47.5 Å². The van der Waals surface area contributed by atoms with E-state index in [0.717, 1.165) is 0 Å². The van der Waals surface area contributed by atoms with Crippen molar-refractivity contribution >= 4 is 31.9 Å². The van der Waals surface area contributed by atoms with E-state index in [1.165, 1.54) is 32.1 Å². The molecule has 0 N–H and O–H groups in total. The summed E-state index contributed by atoms with van der Waals surface area (Å²) in [5, 5.41) is 0. The molecule has 72 valence electrons. The Morgan fingerprint density at radius 1 is 1.00 bits per heavy atom. The Morgan fingerprint density at radius 3 is 2.08 bits per heavy atom. The fourth-order valence-electron chi connectivity index (χ4n) is 4.30. The summed E-state index contributed by atoms with van der Waals surface area (Å²) in [4.78, 5) is 0. The standard InChI is InChI=1S/C10H12Br2O/c11-10(12)8-2-1-3-9(8,10)5-7-6(4-8)13-7/h6-7H,1-5H2/t6-,7+,8-,9-/m1/s1. The number of fused-ring (bicyclic) bond motifs is 1. The highest BCUT2D eigenvalue weighted by Crippen LogP contribution is 2.91. The molecule has 3 saturated carbocycles. The molecule has 0 spiro atoms. The monoisotopic (exact) mass is 306 g/mol. The minimum absolute atomic E-state index is 0.273. The Bertz CT molecular complexity index is 277. The van der Waals surface area contributed by atoms with Crippen LogP contribution in [0, 0.1) is 10.8 Å². The fraction of sp³-hybridized carbons (Fsp3) is 1.00. The maximum absolute atomic E-state index is 5.66. The van der Waals surface area contributed by atoms with E-state index in [-0.39, 0.29) is 3.23 Å². The minimum Gasteiger partial charge on any atom is -0.370 e. The second-order valence-corrected chi connectivity index (χ2v) is 8.66. The highest BCUT2D eigenvalue weighted by molar-refractivity contribution is 9.25. The highest BCUT2D eigenvalue weighted by Gasteiger charge is 2.89. The van der Waals surface area contributed by atoms with Gasteiger partial charge in [-0.05, 0) is 25.7 Å². The summed E-state index contributed by atoms with van der Waals surface area (Å²) in [7, 11) is 0. The SMILES string of the molecule is BrC1(Br)[C@@]23CCC[C@]12C[C@H]1O[C@H]1C3. The number of epoxide rings is 1. The van der Waals surface area contributed by atoms with Crippen LogP contribution < -0.4 is 0 Å². The zero-order chi connectivity index (χ0) is 8.90. The van der Waals surface area contributed by atoms with Crippen LogP contribution in [-0.4, -0.2) is 15.4 Å². The molecule has 0 unspecified atom stereocenters. The van der Waals surface area contributed by atoms with Crippen molar-refractivity contribution in [1.82, 2.24) is 0 Å². The molecule has 4 fully saturated rings. The van der Waals surface area contributed by atoms with Crippen LogP contribution in [0.5, 0.6) is 0 Å². The van der Waals surface area contributed by atoms with Gasteiger partial charge in [0.1, 0.15) is 0 Å². The van der Waals surface area contributed by atoms with E-state index in [0.29, 0.717) is 23.0 Å². The number of rotatable bonds is 0. The van der Waals surface area contributed by atoms with Crippen molar-refractivity contribution < 1.29 is 4.74 Å². The quantitative estimate of drug-likeness (QED) is 0.494. The molecule has 1 heterocycles. The van der Waals surface area contributed by atoms with Crippen LogP contribution in [0.4, 0.5) is 0 Å². The molecule has 3 heteroatoms. The Hall–Kier alpha value is 0.920. The third-order valence-electron chi connectivity index (χ3n) is 5.05. The van der Waals surface area contributed by atoms with Gasteiger partial charge in [0, 0.05) is 10.8 Å². The lowest BCUT2D eigenvalue weighted by Crippen LogP contribution is -2.19. The second-order valence-electron chi connectivity index (χ2n) is 5.21. The number of hydrogen-bond donors (Lipinski definition) is 0. The zero-order valence-corrected chi connectivity index (χ0v) is 10.5. The summed E-state index contributed by atoms with van der Waals surface area (Å²) in [5.74, 6) is 0. The molecule has 1 aliphatic heterocycles. The van der Waals surface area contributed by atoms with Crippen LogP contribution in [0.3, 0.4) is 0 Å². The van der Waals surface area contributed by atoms with E-state index < -0.39 is 0 Å². The Morgan fingerprint density at radius 2 is 1.54 bits per heavy atom. The van der Waals surface area contributed by atoms with E-state index in [9.17, 15) is 0 Å². The Balaban J connectivity index is 1.84. The molecule has 0 aromatic heterocycles. The highest BCUT2D eigenvalue weighted by atomic mass is 79.9. The van der Waals surface area contributed by atoms with Gasteiger partial charge in [0.25, 0.3) is 0 Å². The zero-order valence-electron chi connectivity index (χ0n) is 7.35. The van der Waals surface area contributed by atoms with Crippen LogP contribution in [0.15, 0.2) is 0 Å². The molecular weight excluding hydrogens is 296 g/mol. The molecule has 0 amide bonds. The van der Waals surface area contributed by atoms with Gasteiger partial charge < -0.3 is 4.74 Å². The van der Waals surface area contributed by atoms with E-state index in [2.05, 4.69) is 31.9 Å². The summed E-state index contributed by atoms with van der Waals surface area (Å²) >= 11 is 7.83. The number of ether oxygens (including phenoxy) is 1. The van der Waals surface area contributed by atoms with Gasteiger partial charge in [0.05, 0.1) is 15.4 Å². The van der Waals surface area contributed by atoms with E-state index in [1.54, 1.807) is 0 Å². The van der Waals surface area contributed by atoms with Crippen molar-refractivity contribution in [1.29, 1.82) is 0 Å². The van der Waals surface area contributed by atoms with Crippen molar-refractivity contribution in [2.75, 3.05) is 0 Å². The molecule has 1 saturated heterocycles. The molecule has 0 radical (unpaired) electrons. The fourth-order valence-corrected chi connectivity index (χ4v) is 7.06. The van der Waals surface area contributed by atoms with Gasteiger partial charge >= 0.3 is 0 Å². The van der Waals surface area contributed by atoms with Gasteiger partial charge in [-0.1, -0.05) is 38.3 Å². The molecular formula is C10H12Br2O. The number of hydrogen-bond acceptors (Lipinski definition) is 1. The Kier molecular flexibility index (Phi) is 1.20. The molecule has 4 aliphatic rings. The summed E-state index contributed by atoms with van der Waals surface area (Å²) in [6, 6.07) is 0. The number of alkyl halides is 2. The normalized spacial score (nSPS) is 65.1. The van der Waals surface area contributed by atoms with E-state index in [1.807, 2.05) is 0 Å². The molecule has 0 aromatic rings. The van der Waals surface area contributed by atoms with Crippen molar-refractivity contribution in [2.24, 2.45) is 10.8 Å². The first-order valence-electron chi connectivity index (χ1n) is 5.16. The lowest BCUT2D eigenvalue weighted by Gasteiger charge is -2.18. The van der Waals surface area contributed by atoms with Crippen molar-refractivity contribution in [3.8, 4) is 0 Å². The third-order valence-corrected chi connectivity index (χ3v) is 8.09. The second kappa shape index (κ2) is 1.92. The largest absolute Gasteiger partial charge is 0.370 e. The van der Waals surface area contributed by atoms with Gasteiger partial charge in [0.15, 0.2) is 0 Å². The average molecular weight is 308 g/mol. The first-order valence-corrected chi connectivity index (χ1v) is 6.75. The molecule has 3 aliphatic carbocycles. The summed E-state index contributed by atoms with van der Waals surface area (Å²) in [6.07, 6.45) is 8.05. The van der Waals surface area contributed by atoms with Gasteiger partial charge in [-0.15, -0.1) is 0 Å². The first kappa shape index (κ1) is 8.12. The van der Waals surface area contributed by atoms with Crippen molar-refractivity contribution in [3.05, 3.63) is 0 Å². The Labute approximate surface area is 94.8 Å².